The van der Waals surface area contributed by atoms with Crippen molar-refractivity contribution in [3.05, 3.63) is 26.9 Å². The van der Waals surface area contributed by atoms with Gasteiger partial charge < -0.3 is 0 Å². The first-order valence-electron chi connectivity index (χ1n) is 3.24. The van der Waals surface area contributed by atoms with Crippen molar-refractivity contribution in [1.82, 2.24) is 4.98 Å². The molecule has 0 radical (unpaired) electrons. The van der Waals surface area contributed by atoms with Crippen molar-refractivity contribution < 1.29 is 8.78 Å². The minimum atomic E-state index is -2.63. The van der Waals surface area contributed by atoms with Crippen LogP contribution in [0.1, 0.15) is 17.6 Å². The zero-order chi connectivity index (χ0) is 10.0. The molecular formula is C7H4BrCl2F2N. The summed E-state index contributed by atoms with van der Waals surface area (Å²) in [4.78, 5) is 3.70. The fraction of sp³-hybridized carbons (Fsp3) is 0.286. The fourth-order valence-corrected chi connectivity index (χ4v) is 2.12. The van der Waals surface area contributed by atoms with Crippen LogP contribution in [0, 0.1) is 0 Å². The molecule has 0 aliphatic heterocycles. The number of alkyl halides is 3. The van der Waals surface area contributed by atoms with Gasteiger partial charge in [-0.2, -0.15) is 0 Å². The van der Waals surface area contributed by atoms with E-state index in [4.69, 9.17) is 23.2 Å². The summed E-state index contributed by atoms with van der Waals surface area (Å²) in [7, 11) is 0. The van der Waals surface area contributed by atoms with E-state index in [1.54, 1.807) is 0 Å². The van der Waals surface area contributed by atoms with Gasteiger partial charge in [0.25, 0.3) is 6.43 Å². The van der Waals surface area contributed by atoms with E-state index in [1.165, 1.54) is 0 Å². The Hall–Kier alpha value is 0.0700. The number of rotatable bonds is 2. The molecule has 0 atom stereocenters. The molecule has 1 nitrogen and oxygen atoms in total. The molecular weight excluding hydrogens is 287 g/mol. The third-order valence-corrected chi connectivity index (χ3v) is 2.85. The quantitative estimate of drug-likeness (QED) is 0.588. The SMILES string of the molecule is FC(F)c1cnc(Br)c(CCl)c1Cl. The Labute approximate surface area is 92.2 Å². The van der Waals surface area contributed by atoms with Crippen LogP contribution in [0.15, 0.2) is 10.8 Å². The van der Waals surface area contributed by atoms with E-state index >= 15 is 0 Å². The van der Waals surface area contributed by atoms with E-state index in [1.807, 2.05) is 0 Å². The second kappa shape index (κ2) is 4.53. The highest BCUT2D eigenvalue weighted by Crippen LogP contribution is 2.33. The van der Waals surface area contributed by atoms with Crippen LogP contribution in [0.25, 0.3) is 0 Å². The lowest BCUT2D eigenvalue weighted by Gasteiger charge is -2.07. The Morgan fingerprint density at radius 1 is 1.54 bits per heavy atom. The van der Waals surface area contributed by atoms with E-state index in [0.717, 1.165) is 6.20 Å². The Morgan fingerprint density at radius 3 is 2.62 bits per heavy atom. The summed E-state index contributed by atoms with van der Waals surface area (Å²) in [6.07, 6.45) is -1.59. The van der Waals surface area contributed by atoms with Crippen molar-refractivity contribution >= 4 is 39.1 Å². The van der Waals surface area contributed by atoms with Crippen molar-refractivity contribution in [2.24, 2.45) is 0 Å². The normalized spacial score (nSPS) is 10.9. The smallest absolute Gasteiger partial charge is 0.248 e. The molecule has 6 heteroatoms. The van der Waals surface area contributed by atoms with Crippen LogP contribution in [0.4, 0.5) is 8.78 Å². The molecule has 0 aliphatic carbocycles. The zero-order valence-corrected chi connectivity index (χ0v) is 9.30. The topological polar surface area (TPSA) is 12.9 Å². The van der Waals surface area contributed by atoms with Gasteiger partial charge in [-0.1, -0.05) is 11.6 Å². The molecule has 0 saturated carbocycles. The van der Waals surface area contributed by atoms with E-state index < -0.39 is 6.43 Å². The fourth-order valence-electron chi connectivity index (χ4n) is 0.792. The summed E-state index contributed by atoms with van der Waals surface area (Å²) < 4.78 is 25.0. The predicted octanol–water partition coefficient (Wildman–Crippen LogP) is 4.17. The number of pyridine rings is 1. The maximum absolute atomic E-state index is 12.3. The monoisotopic (exact) mass is 289 g/mol. The minimum Gasteiger partial charge on any atom is -0.248 e. The van der Waals surface area contributed by atoms with Gasteiger partial charge in [0, 0.05) is 11.8 Å². The molecule has 13 heavy (non-hydrogen) atoms. The highest BCUT2D eigenvalue weighted by molar-refractivity contribution is 9.10. The molecule has 1 heterocycles. The first kappa shape index (κ1) is 11.1. The van der Waals surface area contributed by atoms with Gasteiger partial charge >= 0.3 is 0 Å². The van der Waals surface area contributed by atoms with Gasteiger partial charge in [-0.05, 0) is 15.9 Å². The molecule has 72 valence electrons. The second-order valence-corrected chi connectivity index (χ2v) is 3.63. The zero-order valence-electron chi connectivity index (χ0n) is 6.20. The Bertz CT molecular complexity index is 320. The average Bonchev–Trinajstić information content (AvgIpc) is 2.04. The molecule has 0 unspecified atom stereocenters. The lowest BCUT2D eigenvalue weighted by molar-refractivity contribution is 0.151. The van der Waals surface area contributed by atoms with Gasteiger partial charge in [0.1, 0.15) is 4.60 Å². The predicted molar refractivity (Wildman–Crippen MR) is 51.5 cm³/mol. The van der Waals surface area contributed by atoms with Crippen molar-refractivity contribution in [2.75, 3.05) is 0 Å². The van der Waals surface area contributed by atoms with Crippen LogP contribution < -0.4 is 0 Å². The maximum Gasteiger partial charge on any atom is 0.266 e. The lowest BCUT2D eigenvalue weighted by atomic mass is 10.2. The molecule has 0 saturated heterocycles. The van der Waals surface area contributed by atoms with Gasteiger partial charge in [-0.15, -0.1) is 11.6 Å². The minimum absolute atomic E-state index is 0.0214. The van der Waals surface area contributed by atoms with Gasteiger partial charge in [-0.3, -0.25) is 0 Å². The number of hydrogen-bond acceptors (Lipinski definition) is 1. The molecule has 1 rings (SSSR count). The Morgan fingerprint density at radius 2 is 2.15 bits per heavy atom. The van der Waals surface area contributed by atoms with Crippen molar-refractivity contribution in [2.45, 2.75) is 12.3 Å². The lowest BCUT2D eigenvalue weighted by Crippen LogP contribution is -1.94. The summed E-state index contributed by atoms with van der Waals surface area (Å²) in [6.45, 7) is 0. The van der Waals surface area contributed by atoms with E-state index in [-0.39, 0.29) is 16.5 Å². The number of hydrogen-bond donors (Lipinski definition) is 0. The molecule has 1 aromatic rings. The average molecular weight is 291 g/mol. The van der Waals surface area contributed by atoms with Crippen molar-refractivity contribution in [3.8, 4) is 0 Å². The van der Waals surface area contributed by atoms with Crippen molar-refractivity contribution in [3.63, 3.8) is 0 Å². The number of nitrogens with zero attached hydrogens (tertiary/aromatic N) is 1. The highest BCUT2D eigenvalue weighted by atomic mass is 79.9. The molecule has 0 N–H and O–H groups in total. The van der Waals surface area contributed by atoms with Gasteiger partial charge in [0.05, 0.1) is 16.5 Å². The molecule has 0 amide bonds. The first-order valence-corrected chi connectivity index (χ1v) is 4.95. The molecule has 0 aromatic carbocycles. The summed E-state index contributed by atoms with van der Waals surface area (Å²) in [5.74, 6) is 0.0486. The standard InChI is InChI=1S/C7H4BrCl2F2N/c8-6-3(1-9)5(10)4(2-13-6)7(11)12/h2,7H,1H2. The molecule has 0 spiro atoms. The third-order valence-electron chi connectivity index (χ3n) is 1.45. The van der Waals surface area contributed by atoms with Crippen LogP contribution in [-0.2, 0) is 5.88 Å². The van der Waals surface area contributed by atoms with Gasteiger partial charge in [-0.25, -0.2) is 13.8 Å². The largest absolute Gasteiger partial charge is 0.266 e. The van der Waals surface area contributed by atoms with Gasteiger partial charge in [0.2, 0.25) is 0 Å². The molecule has 0 aliphatic rings. The molecule has 1 aromatic heterocycles. The second-order valence-electron chi connectivity index (χ2n) is 2.23. The molecule has 0 fully saturated rings. The maximum atomic E-state index is 12.3. The van der Waals surface area contributed by atoms with Crippen molar-refractivity contribution in [1.29, 1.82) is 0 Å². The summed E-state index contributed by atoms with van der Waals surface area (Å²) in [5.41, 5.74) is 0.0988. The van der Waals surface area contributed by atoms with E-state index in [2.05, 4.69) is 20.9 Å². The summed E-state index contributed by atoms with van der Waals surface area (Å²) in [6, 6.07) is 0. The van der Waals surface area contributed by atoms with Crippen LogP contribution in [0.2, 0.25) is 5.02 Å². The Balaban J connectivity index is 3.27. The van der Waals surface area contributed by atoms with E-state index in [0.29, 0.717) is 10.2 Å². The first-order chi connectivity index (χ1) is 6.07. The highest BCUT2D eigenvalue weighted by Gasteiger charge is 2.17. The summed E-state index contributed by atoms with van der Waals surface area (Å²) in [5, 5.41) is -0.0214. The summed E-state index contributed by atoms with van der Waals surface area (Å²) >= 11 is 14.3. The van der Waals surface area contributed by atoms with E-state index in [9.17, 15) is 8.78 Å². The third kappa shape index (κ3) is 2.30. The number of halogens is 5. The van der Waals surface area contributed by atoms with Gasteiger partial charge in [0.15, 0.2) is 0 Å². The van der Waals surface area contributed by atoms with Crippen LogP contribution in [-0.4, -0.2) is 4.98 Å². The van der Waals surface area contributed by atoms with Crippen LogP contribution in [0.3, 0.4) is 0 Å². The molecule has 0 bridgehead atoms. The van der Waals surface area contributed by atoms with Crippen LogP contribution in [0.5, 0.6) is 0 Å². The number of aromatic nitrogens is 1. The van der Waals surface area contributed by atoms with Crippen LogP contribution >= 0.6 is 39.1 Å². The Kier molecular flexibility index (Phi) is 3.88.